The zero-order valence-electron chi connectivity index (χ0n) is 10.3. The summed E-state index contributed by atoms with van der Waals surface area (Å²) in [6.45, 7) is 1.12. The van der Waals surface area contributed by atoms with Crippen LogP contribution in [0.5, 0.6) is 0 Å². The van der Waals surface area contributed by atoms with Crippen LogP contribution in [-0.4, -0.2) is 40.3 Å². The smallest absolute Gasteiger partial charge is 0.162 e. The Morgan fingerprint density at radius 2 is 2.44 bits per heavy atom. The van der Waals surface area contributed by atoms with Crippen LogP contribution in [0.1, 0.15) is 31.2 Å². The van der Waals surface area contributed by atoms with Crippen LogP contribution in [0.25, 0.3) is 0 Å². The van der Waals surface area contributed by atoms with Crippen LogP contribution in [0.3, 0.4) is 0 Å². The predicted molar refractivity (Wildman–Crippen MR) is 69.7 cm³/mol. The standard InChI is InChI=1S/C12H19N5O/c13-11(14)10-5-6-15-16-12(10)17-7-1-3-9(17)4-2-8-18/h5-6,9,18H,1-4,7-8H2,(H3,13,14). The van der Waals surface area contributed by atoms with Crippen molar-refractivity contribution < 1.29 is 5.11 Å². The van der Waals surface area contributed by atoms with Crippen molar-refractivity contribution in [3.8, 4) is 0 Å². The van der Waals surface area contributed by atoms with E-state index in [2.05, 4.69) is 15.1 Å². The fourth-order valence-corrected chi connectivity index (χ4v) is 2.49. The van der Waals surface area contributed by atoms with Gasteiger partial charge in [0.2, 0.25) is 0 Å². The zero-order valence-corrected chi connectivity index (χ0v) is 10.3. The van der Waals surface area contributed by atoms with Gasteiger partial charge in [0, 0.05) is 19.2 Å². The molecule has 6 nitrogen and oxygen atoms in total. The van der Waals surface area contributed by atoms with Gasteiger partial charge < -0.3 is 15.7 Å². The van der Waals surface area contributed by atoms with Crippen molar-refractivity contribution in [2.45, 2.75) is 31.7 Å². The number of nitrogen functional groups attached to an aromatic ring is 1. The van der Waals surface area contributed by atoms with Crippen LogP contribution in [0.2, 0.25) is 0 Å². The summed E-state index contributed by atoms with van der Waals surface area (Å²) < 4.78 is 0. The van der Waals surface area contributed by atoms with Crippen molar-refractivity contribution in [2.75, 3.05) is 18.1 Å². The summed E-state index contributed by atoms with van der Waals surface area (Å²) >= 11 is 0. The van der Waals surface area contributed by atoms with E-state index in [1.54, 1.807) is 12.3 Å². The van der Waals surface area contributed by atoms with E-state index in [0.29, 0.717) is 17.4 Å². The maximum Gasteiger partial charge on any atom is 0.162 e. The molecule has 2 heterocycles. The van der Waals surface area contributed by atoms with E-state index in [1.807, 2.05) is 0 Å². The average molecular weight is 249 g/mol. The molecule has 0 amide bonds. The lowest BCUT2D eigenvalue weighted by Crippen LogP contribution is -2.32. The van der Waals surface area contributed by atoms with Gasteiger partial charge in [0.1, 0.15) is 5.84 Å². The number of aliphatic hydroxyl groups is 1. The van der Waals surface area contributed by atoms with Crippen LogP contribution in [0.15, 0.2) is 12.3 Å². The summed E-state index contributed by atoms with van der Waals surface area (Å²) in [4.78, 5) is 2.17. The number of hydrogen-bond donors (Lipinski definition) is 3. The molecule has 0 bridgehead atoms. The lowest BCUT2D eigenvalue weighted by molar-refractivity contribution is 0.279. The Bertz CT molecular complexity index is 423. The number of hydrogen-bond acceptors (Lipinski definition) is 5. The van der Waals surface area contributed by atoms with Gasteiger partial charge in [0.05, 0.1) is 11.8 Å². The van der Waals surface area contributed by atoms with Crippen molar-refractivity contribution in [2.24, 2.45) is 5.73 Å². The highest BCUT2D eigenvalue weighted by atomic mass is 16.2. The van der Waals surface area contributed by atoms with Crippen LogP contribution in [0, 0.1) is 5.41 Å². The summed E-state index contributed by atoms with van der Waals surface area (Å²) in [6, 6.07) is 2.10. The summed E-state index contributed by atoms with van der Waals surface area (Å²) in [5, 5.41) is 24.5. The lowest BCUT2D eigenvalue weighted by atomic mass is 10.1. The van der Waals surface area contributed by atoms with E-state index in [0.717, 1.165) is 32.2 Å². The second-order valence-corrected chi connectivity index (χ2v) is 4.54. The molecule has 18 heavy (non-hydrogen) atoms. The molecule has 1 aromatic heterocycles. The highest BCUT2D eigenvalue weighted by Gasteiger charge is 2.27. The van der Waals surface area contributed by atoms with Crippen LogP contribution < -0.4 is 10.6 Å². The minimum Gasteiger partial charge on any atom is -0.396 e. The highest BCUT2D eigenvalue weighted by Crippen LogP contribution is 2.28. The van der Waals surface area contributed by atoms with Gasteiger partial charge in [-0.1, -0.05) is 0 Å². The molecule has 6 heteroatoms. The summed E-state index contributed by atoms with van der Waals surface area (Å²) in [7, 11) is 0. The van der Waals surface area contributed by atoms with Crippen molar-refractivity contribution in [1.29, 1.82) is 5.41 Å². The third kappa shape index (κ3) is 2.59. The van der Waals surface area contributed by atoms with Gasteiger partial charge in [0.15, 0.2) is 5.82 Å². The highest BCUT2D eigenvalue weighted by molar-refractivity contribution is 5.99. The number of aromatic nitrogens is 2. The molecule has 0 saturated carbocycles. The number of aliphatic hydroxyl groups excluding tert-OH is 1. The first-order valence-electron chi connectivity index (χ1n) is 6.27. The number of nitrogens with two attached hydrogens (primary N) is 1. The number of rotatable bonds is 5. The molecule has 1 atom stereocenters. The third-order valence-corrected chi connectivity index (χ3v) is 3.34. The van der Waals surface area contributed by atoms with Gasteiger partial charge in [-0.05, 0) is 31.7 Å². The van der Waals surface area contributed by atoms with E-state index in [9.17, 15) is 0 Å². The van der Waals surface area contributed by atoms with E-state index < -0.39 is 0 Å². The summed E-state index contributed by atoms with van der Waals surface area (Å²) in [5.74, 6) is 0.721. The molecule has 98 valence electrons. The average Bonchev–Trinajstić information content (AvgIpc) is 2.84. The Morgan fingerprint density at radius 3 is 3.17 bits per heavy atom. The van der Waals surface area contributed by atoms with Gasteiger partial charge >= 0.3 is 0 Å². The predicted octanol–water partition coefficient (Wildman–Crippen LogP) is 0.502. The number of anilines is 1. The van der Waals surface area contributed by atoms with Crippen LogP contribution in [-0.2, 0) is 0 Å². The van der Waals surface area contributed by atoms with Crippen molar-refractivity contribution in [3.63, 3.8) is 0 Å². The van der Waals surface area contributed by atoms with Gasteiger partial charge in [0.25, 0.3) is 0 Å². The number of nitrogens with zero attached hydrogens (tertiary/aromatic N) is 3. The first kappa shape index (κ1) is 12.8. The Balaban J connectivity index is 2.21. The molecule has 1 saturated heterocycles. The molecule has 2 rings (SSSR count). The topological polar surface area (TPSA) is 99.1 Å². The minimum absolute atomic E-state index is 0.0210. The molecule has 0 spiro atoms. The molecular weight excluding hydrogens is 230 g/mol. The van der Waals surface area contributed by atoms with Gasteiger partial charge in [-0.2, -0.15) is 5.10 Å². The first-order chi connectivity index (χ1) is 8.74. The van der Waals surface area contributed by atoms with Crippen molar-refractivity contribution >= 4 is 11.7 Å². The normalized spacial score (nSPS) is 19.2. The van der Waals surface area contributed by atoms with Gasteiger partial charge in [-0.3, -0.25) is 5.41 Å². The lowest BCUT2D eigenvalue weighted by Gasteiger charge is -2.26. The SMILES string of the molecule is N=C(N)c1ccnnc1N1CCCC1CCCO. The van der Waals surface area contributed by atoms with Crippen LogP contribution in [0.4, 0.5) is 5.82 Å². The molecule has 1 aliphatic rings. The molecule has 0 radical (unpaired) electrons. The monoisotopic (exact) mass is 249 g/mol. The fraction of sp³-hybridized carbons (Fsp3) is 0.583. The fourth-order valence-electron chi connectivity index (χ4n) is 2.49. The molecule has 1 unspecified atom stereocenters. The van der Waals surface area contributed by atoms with E-state index >= 15 is 0 Å². The third-order valence-electron chi connectivity index (χ3n) is 3.34. The molecular formula is C12H19N5O. The van der Waals surface area contributed by atoms with Gasteiger partial charge in [-0.25, -0.2) is 0 Å². The maximum absolute atomic E-state index is 8.93. The second-order valence-electron chi connectivity index (χ2n) is 4.54. The summed E-state index contributed by atoms with van der Waals surface area (Å²) in [5.41, 5.74) is 6.22. The van der Waals surface area contributed by atoms with E-state index in [1.165, 1.54) is 0 Å². The molecule has 0 aliphatic carbocycles. The van der Waals surface area contributed by atoms with E-state index in [-0.39, 0.29) is 12.4 Å². The molecule has 1 aliphatic heterocycles. The Kier molecular flexibility index (Phi) is 4.09. The molecule has 1 aromatic rings. The Labute approximate surface area is 106 Å². The molecule has 1 fully saturated rings. The first-order valence-corrected chi connectivity index (χ1v) is 6.27. The number of nitrogens with one attached hydrogen (secondary N) is 1. The number of amidine groups is 1. The Morgan fingerprint density at radius 1 is 1.61 bits per heavy atom. The Hall–Kier alpha value is -1.69. The van der Waals surface area contributed by atoms with Crippen molar-refractivity contribution in [3.05, 3.63) is 17.8 Å². The largest absolute Gasteiger partial charge is 0.396 e. The summed E-state index contributed by atoms with van der Waals surface area (Å²) in [6.07, 6.45) is 5.47. The van der Waals surface area contributed by atoms with E-state index in [4.69, 9.17) is 16.2 Å². The second kappa shape index (κ2) is 5.77. The quantitative estimate of drug-likeness (QED) is 0.521. The van der Waals surface area contributed by atoms with Crippen LogP contribution >= 0.6 is 0 Å². The molecule has 0 aromatic carbocycles. The molecule has 4 N–H and O–H groups in total. The van der Waals surface area contributed by atoms with Crippen molar-refractivity contribution in [1.82, 2.24) is 10.2 Å². The zero-order chi connectivity index (χ0) is 13.0. The van der Waals surface area contributed by atoms with Gasteiger partial charge in [-0.15, -0.1) is 5.10 Å². The minimum atomic E-state index is 0.0210. The maximum atomic E-state index is 8.93.